The van der Waals surface area contributed by atoms with Crippen molar-refractivity contribution < 1.29 is 9.90 Å². The Morgan fingerprint density at radius 3 is 2.50 bits per heavy atom. The molecular weight excluding hydrogens is 228 g/mol. The molecule has 0 unspecified atom stereocenters. The summed E-state index contributed by atoms with van der Waals surface area (Å²) in [5, 5.41) is 9.01. The number of rotatable bonds is 2. The molecule has 0 spiro atoms. The largest absolute Gasteiger partial charge is 0.477 e. The van der Waals surface area contributed by atoms with E-state index >= 15 is 0 Å². The molecule has 1 aromatic carbocycles. The van der Waals surface area contributed by atoms with Crippen LogP contribution in [0.4, 0.5) is 0 Å². The van der Waals surface area contributed by atoms with Crippen molar-refractivity contribution in [2.45, 2.75) is 20.8 Å². The third-order valence-electron chi connectivity index (χ3n) is 2.71. The van der Waals surface area contributed by atoms with Crippen molar-refractivity contribution in [3.8, 4) is 11.4 Å². The summed E-state index contributed by atoms with van der Waals surface area (Å²) in [6.45, 7) is 5.71. The van der Waals surface area contributed by atoms with Gasteiger partial charge < -0.3 is 5.11 Å². The highest BCUT2D eigenvalue weighted by atomic mass is 16.4. The average Bonchev–Trinajstić information content (AvgIpc) is 2.31. The minimum atomic E-state index is -1.04. The lowest BCUT2D eigenvalue weighted by Gasteiger charge is -2.07. The molecule has 0 radical (unpaired) electrons. The molecule has 1 aromatic heterocycles. The summed E-state index contributed by atoms with van der Waals surface area (Å²) >= 11 is 0. The van der Waals surface area contributed by atoms with Crippen molar-refractivity contribution in [3.05, 3.63) is 46.8 Å². The zero-order valence-corrected chi connectivity index (χ0v) is 10.6. The molecule has 0 fully saturated rings. The van der Waals surface area contributed by atoms with E-state index in [1.165, 1.54) is 6.07 Å². The maximum absolute atomic E-state index is 11.0. The normalized spacial score (nSPS) is 10.4. The van der Waals surface area contributed by atoms with Crippen LogP contribution >= 0.6 is 0 Å². The van der Waals surface area contributed by atoms with E-state index in [4.69, 9.17) is 5.11 Å². The fourth-order valence-corrected chi connectivity index (χ4v) is 1.78. The summed E-state index contributed by atoms with van der Waals surface area (Å²) in [6, 6.07) is 7.43. The van der Waals surface area contributed by atoms with Gasteiger partial charge in [0, 0.05) is 11.3 Å². The summed E-state index contributed by atoms with van der Waals surface area (Å²) in [6.07, 6.45) is 0. The van der Waals surface area contributed by atoms with Gasteiger partial charge in [0.25, 0.3) is 0 Å². The van der Waals surface area contributed by atoms with E-state index in [1.54, 1.807) is 6.92 Å². The number of benzene rings is 1. The van der Waals surface area contributed by atoms with Gasteiger partial charge in [-0.15, -0.1) is 0 Å². The topological polar surface area (TPSA) is 63.1 Å². The highest BCUT2D eigenvalue weighted by Crippen LogP contribution is 2.21. The van der Waals surface area contributed by atoms with E-state index in [0.29, 0.717) is 11.5 Å². The van der Waals surface area contributed by atoms with Gasteiger partial charge in [0.05, 0.1) is 0 Å². The quantitative estimate of drug-likeness (QED) is 0.879. The van der Waals surface area contributed by atoms with Gasteiger partial charge in [0.2, 0.25) is 0 Å². The van der Waals surface area contributed by atoms with Crippen LogP contribution < -0.4 is 0 Å². The van der Waals surface area contributed by atoms with Crippen LogP contribution in [0.25, 0.3) is 11.4 Å². The van der Waals surface area contributed by atoms with Gasteiger partial charge in [-0.25, -0.2) is 14.8 Å². The molecule has 0 atom stereocenters. The number of carboxylic acid groups (broad SMARTS) is 1. The molecule has 1 N–H and O–H groups in total. The van der Waals surface area contributed by atoms with Crippen LogP contribution in [0.5, 0.6) is 0 Å². The molecule has 2 aromatic rings. The molecule has 18 heavy (non-hydrogen) atoms. The molecule has 0 bridgehead atoms. The maximum Gasteiger partial charge on any atom is 0.354 e. The van der Waals surface area contributed by atoms with Gasteiger partial charge in [0.15, 0.2) is 11.5 Å². The van der Waals surface area contributed by atoms with Crippen LogP contribution in [0.15, 0.2) is 24.3 Å². The van der Waals surface area contributed by atoms with E-state index in [9.17, 15) is 4.79 Å². The van der Waals surface area contributed by atoms with Crippen LogP contribution in [0, 0.1) is 20.8 Å². The standard InChI is InChI=1S/C14H14N2O2/c1-8-4-5-9(2)11(6-8)13-15-10(3)7-12(16-13)14(17)18/h4-7H,1-3H3,(H,17,18). The number of aryl methyl sites for hydroxylation is 3. The van der Waals surface area contributed by atoms with E-state index in [-0.39, 0.29) is 5.69 Å². The second kappa shape index (κ2) is 4.56. The van der Waals surface area contributed by atoms with Gasteiger partial charge in [-0.1, -0.05) is 17.7 Å². The molecule has 4 nitrogen and oxygen atoms in total. The van der Waals surface area contributed by atoms with Gasteiger partial charge in [0.1, 0.15) is 0 Å². The molecule has 2 rings (SSSR count). The smallest absolute Gasteiger partial charge is 0.354 e. The molecule has 4 heteroatoms. The predicted octanol–water partition coefficient (Wildman–Crippen LogP) is 2.77. The Labute approximate surface area is 105 Å². The number of carbonyl (C=O) groups is 1. The van der Waals surface area contributed by atoms with E-state index in [0.717, 1.165) is 16.7 Å². The molecule has 92 valence electrons. The minimum absolute atomic E-state index is 0.0263. The predicted molar refractivity (Wildman–Crippen MR) is 68.6 cm³/mol. The fraction of sp³-hybridized carbons (Fsp3) is 0.214. The summed E-state index contributed by atoms with van der Waals surface area (Å²) < 4.78 is 0. The van der Waals surface area contributed by atoms with Gasteiger partial charge >= 0.3 is 5.97 Å². The third kappa shape index (κ3) is 2.37. The molecule has 0 aliphatic carbocycles. The lowest BCUT2D eigenvalue weighted by atomic mass is 10.0. The van der Waals surface area contributed by atoms with Crippen molar-refractivity contribution in [1.29, 1.82) is 0 Å². The van der Waals surface area contributed by atoms with E-state index in [1.807, 2.05) is 32.0 Å². The monoisotopic (exact) mass is 242 g/mol. The Hall–Kier alpha value is -2.23. The summed E-state index contributed by atoms with van der Waals surface area (Å²) in [5.74, 6) is -0.569. The number of hydrogen-bond acceptors (Lipinski definition) is 3. The van der Waals surface area contributed by atoms with Crippen LogP contribution in [0.2, 0.25) is 0 Å². The second-order valence-electron chi connectivity index (χ2n) is 4.34. The van der Waals surface area contributed by atoms with Crippen LogP contribution in [0.3, 0.4) is 0 Å². The van der Waals surface area contributed by atoms with Crippen molar-refractivity contribution in [2.24, 2.45) is 0 Å². The van der Waals surface area contributed by atoms with Crippen molar-refractivity contribution >= 4 is 5.97 Å². The van der Waals surface area contributed by atoms with Crippen molar-refractivity contribution in [3.63, 3.8) is 0 Å². The first-order valence-electron chi connectivity index (χ1n) is 5.64. The highest BCUT2D eigenvalue weighted by Gasteiger charge is 2.11. The lowest BCUT2D eigenvalue weighted by Crippen LogP contribution is -2.05. The Bertz CT molecular complexity index is 621. The third-order valence-corrected chi connectivity index (χ3v) is 2.71. The summed E-state index contributed by atoms with van der Waals surface area (Å²) in [5.41, 5.74) is 3.68. The number of hydrogen-bond donors (Lipinski definition) is 1. The number of carboxylic acids is 1. The Morgan fingerprint density at radius 1 is 1.11 bits per heavy atom. The first-order valence-corrected chi connectivity index (χ1v) is 5.64. The van der Waals surface area contributed by atoms with Crippen LogP contribution in [-0.4, -0.2) is 21.0 Å². The molecule has 0 aliphatic heterocycles. The molecule has 0 amide bonds. The van der Waals surface area contributed by atoms with Crippen LogP contribution in [-0.2, 0) is 0 Å². The number of aromatic nitrogens is 2. The lowest BCUT2D eigenvalue weighted by molar-refractivity contribution is 0.0690. The number of nitrogens with zero attached hydrogens (tertiary/aromatic N) is 2. The molecular formula is C14H14N2O2. The zero-order valence-electron chi connectivity index (χ0n) is 10.6. The summed E-state index contributed by atoms with van der Waals surface area (Å²) in [4.78, 5) is 19.4. The Balaban J connectivity index is 2.63. The number of aromatic carboxylic acids is 1. The Morgan fingerprint density at radius 2 is 1.83 bits per heavy atom. The first-order chi connectivity index (χ1) is 8.47. The highest BCUT2D eigenvalue weighted by molar-refractivity contribution is 5.86. The van der Waals surface area contributed by atoms with Crippen molar-refractivity contribution in [2.75, 3.05) is 0 Å². The zero-order chi connectivity index (χ0) is 13.3. The second-order valence-corrected chi connectivity index (χ2v) is 4.34. The first kappa shape index (κ1) is 12.2. The molecule has 1 heterocycles. The van der Waals surface area contributed by atoms with Gasteiger partial charge in [-0.3, -0.25) is 0 Å². The maximum atomic E-state index is 11.0. The summed E-state index contributed by atoms with van der Waals surface area (Å²) in [7, 11) is 0. The molecule has 0 saturated heterocycles. The minimum Gasteiger partial charge on any atom is -0.477 e. The van der Waals surface area contributed by atoms with Crippen molar-refractivity contribution in [1.82, 2.24) is 9.97 Å². The molecule has 0 saturated carbocycles. The van der Waals surface area contributed by atoms with Crippen LogP contribution in [0.1, 0.15) is 27.3 Å². The average molecular weight is 242 g/mol. The van der Waals surface area contributed by atoms with Gasteiger partial charge in [-0.05, 0) is 38.5 Å². The Kier molecular flexibility index (Phi) is 3.10. The van der Waals surface area contributed by atoms with E-state index in [2.05, 4.69) is 9.97 Å². The fourth-order valence-electron chi connectivity index (χ4n) is 1.78. The van der Waals surface area contributed by atoms with Gasteiger partial charge in [-0.2, -0.15) is 0 Å². The molecule has 0 aliphatic rings. The van der Waals surface area contributed by atoms with E-state index < -0.39 is 5.97 Å². The SMILES string of the molecule is Cc1ccc(C)c(-c2nc(C)cc(C(=O)O)n2)c1.